The first-order valence-electron chi connectivity index (χ1n) is 4.34. The van der Waals surface area contributed by atoms with Crippen LogP contribution in [0.4, 0.5) is 5.95 Å². The molecule has 0 saturated heterocycles. The average Bonchev–Trinajstić information content (AvgIpc) is 2.57. The summed E-state index contributed by atoms with van der Waals surface area (Å²) in [5.41, 5.74) is 4.99. The minimum atomic E-state index is -4.28. The molecule has 10 heteroatoms. The largest absolute Gasteiger partial charge is 0.369 e. The van der Waals surface area contributed by atoms with Gasteiger partial charge in [-0.2, -0.15) is 4.98 Å². The first kappa shape index (κ1) is 11.5. The Bertz CT molecular complexity index is 696. The smallest absolute Gasteiger partial charge is 0.350 e. The van der Waals surface area contributed by atoms with Gasteiger partial charge in [-0.3, -0.25) is 18.9 Å². The maximum atomic E-state index is 11.4. The van der Waals surface area contributed by atoms with Crippen molar-refractivity contribution in [3.63, 3.8) is 0 Å². The number of hydrogen-bond donors (Lipinski definition) is 4. The normalized spacial score (nSPS) is 12.6. The highest BCUT2D eigenvalue weighted by atomic mass is 31.2. The zero-order valence-electron chi connectivity index (χ0n) is 8.31. The number of hydrogen-bond acceptors (Lipinski definition) is 5. The molecule has 9 nitrogen and oxygen atoms in total. The van der Waals surface area contributed by atoms with Gasteiger partial charge in [0.2, 0.25) is 5.95 Å². The second-order valence-electron chi connectivity index (χ2n) is 3.16. The third kappa shape index (κ3) is 2.41. The van der Waals surface area contributed by atoms with Crippen molar-refractivity contribution in [1.29, 1.82) is 0 Å². The Hall–Kier alpha value is -1.96. The molecule has 0 aliphatic heterocycles. The van der Waals surface area contributed by atoms with Crippen LogP contribution in [-0.2, 0) is 4.57 Å². The van der Waals surface area contributed by atoms with Crippen LogP contribution in [-0.4, -0.2) is 29.3 Å². The molecule has 2 aromatic rings. The minimum absolute atomic E-state index is 0.0366. The molecule has 0 aliphatic rings. The first-order valence-corrected chi connectivity index (χ1v) is 6.02. The molecule has 0 amide bonds. The third-order valence-electron chi connectivity index (χ3n) is 1.87. The maximum absolute atomic E-state index is 11.4. The highest BCUT2D eigenvalue weighted by molar-refractivity contribution is 7.55. The molecule has 90 valence electrons. The summed E-state index contributed by atoms with van der Waals surface area (Å²) in [5, 5.41) is 0. The van der Waals surface area contributed by atoms with Crippen molar-refractivity contribution < 1.29 is 14.4 Å². The Morgan fingerprint density at radius 2 is 2.24 bits per heavy atom. The summed E-state index contributed by atoms with van der Waals surface area (Å²) in [6.45, 7) is 0. The Morgan fingerprint density at radius 3 is 2.88 bits per heavy atom. The van der Waals surface area contributed by atoms with Gasteiger partial charge in [-0.1, -0.05) is 0 Å². The Morgan fingerprint density at radius 1 is 1.53 bits per heavy atom. The van der Waals surface area contributed by atoms with Crippen molar-refractivity contribution in [2.45, 2.75) is 0 Å². The average molecular weight is 257 g/mol. The van der Waals surface area contributed by atoms with Gasteiger partial charge in [-0.15, -0.1) is 0 Å². The summed E-state index contributed by atoms with van der Waals surface area (Å²) in [6, 6.07) is 0. The predicted octanol–water partition coefficient (Wildman–Crippen LogP) is -0.692. The van der Waals surface area contributed by atoms with E-state index in [9.17, 15) is 9.36 Å². The summed E-state index contributed by atoms with van der Waals surface area (Å²) in [7, 11) is -4.28. The molecule has 0 saturated carbocycles. The Kier molecular flexibility index (Phi) is 2.58. The highest BCUT2D eigenvalue weighted by Gasteiger charge is 2.10. The van der Waals surface area contributed by atoms with E-state index >= 15 is 0 Å². The van der Waals surface area contributed by atoms with Crippen LogP contribution in [0.3, 0.4) is 0 Å². The fourth-order valence-corrected chi connectivity index (χ4v) is 1.53. The summed E-state index contributed by atoms with van der Waals surface area (Å²) in [4.78, 5) is 38.6. The van der Waals surface area contributed by atoms with Gasteiger partial charge >= 0.3 is 7.60 Å². The van der Waals surface area contributed by atoms with Crippen LogP contribution >= 0.6 is 7.60 Å². The summed E-state index contributed by atoms with van der Waals surface area (Å²) >= 11 is 0. The van der Waals surface area contributed by atoms with E-state index < -0.39 is 13.2 Å². The standard InChI is InChI=1S/C7H8N5O4P/c8-7-10-5-4(6(13)11-7)9-3-12(5)1-2-17(14,15)16/h1-3H,(H2,14,15,16)(H3,8,10,11,13)/b2-1+. The molecule has 2 aromatic heterocycles. The number of H-pyrrole nitrogens is 1. The van der Waals surface area contributed by atoms with Gasteiger partial charge in [0, 0.05) is 12.0 Å². The SMILES string of the molecule is Nc1nc2c(ncn2/C=C/P(=O)(O)O)c(=O)[nH]1. The summed E-state index contributed by atoms with van der Waals surface area (Å²) in [6.07, 6.45) is 2.28. The van der Waals surface area contributed by atoms with Crippen LogP contribution in [0.25, 0.3) is 17.4 Å². The number of aromatic amines is 1. The number of nitrogens with two attached hydrogens (primary N) is 1. The molecule has 0 atom stereocenters. The molecule has 0 aliphatic carbocycles. The summed E-state index contributed by atoms with van der Waals surface area (Å²) in [5.74, 6) is 0.571. The zero-order chi connectivity index (χ0) is 12.6. The van der Waals surface area contributed by atoms with Crippen LogP contribution in [0.1, 0.15) is 0 Å². The lowest BCUT2D eigenvalue weighted by molar-refractivity contribution is 0.386. The molecule has 5 N–H and O–H groups in total. The van der Waals surface area contributed by atoms with Gasteiger partial charge < -0.3 is 15.5 Å². The lowest BCUT2D eigenvalue weighted by Gasteiger charge is -1.97. The van der Waals surface area contributed by atoms with E-state index in [0.29, 0.717) is 5.82 Å². The maximum Gasteiger partial charge on any atom is 0.350 e. The molecule has 0 bridgehead atoms. The number of imidazole rings is 1. The molecule has 2 heterocycles. The van der Waals surface area contributed by atoms with E-state index in [1.165, 1.54) is 10.9 Å². The van der Waals surface area contributed by atoms with Crippen molar-refractivity contribution in [2.75, 3.05) is 5.73 Å². The molecule has 17 heavy (non-hydrogen) atoms. The van der Waals surface area contributed by atoms with Crippen LogP contribution in [0.2, 0.25) is 0 Å². The van der Waals surface area contributed by atoms with Crippen LogP contribution in [0.5, 0.6) is 0 Å². The number of rotatable bonds is 2. The number of aromatic nitrogens is 4. The van der Waals surface area contributed by atoms with E-state index in [0.717, 1.165) is 6.20 Å². The van der Waals surface area contributed by atoms with Gasteiger partial charge in [-0.25, -0.2) is 4.98 Å². The van der Waals surface area contributed by atoms with Crippen LogP contribution < -0.4 is 11.3 Å². The molecule has 0 fully saturated rings. The molecule has 0 radical (unpaired) electrons. The highest BCUT2D eigenvalue weighted by Crippen LogP contribution is 2.36. The van der Waals surface area contributed by atoms with E-state index in [1.807, 2.05) is 0 Å². The molecular weight excluding hydrogens is 249 g/mol. The van der Waals surface area contributed by atoms with Crippen LogP contribution in [0.15, 0.2) is 16.9 Å². The predicted molar refractivity (Wildman–Crippen MR) is 59.9 cm³/mol. The fraction of sp³-hybridized carbons (Fsp3) is 0. The van der Waals surface area contributed by atoms with Gasteiger partial charge in [0.25, 0.3) is 5.56 Å². The van der Waals surface area contributed by atoms with Crippen molar-refractivity contribution in [2.24, 2.45) is 0 Å². The Balaban J connectivity index is 2.61. The minimum Gasteiger partial charge on any atom is -0.369 e. The van der Waals surface area contributed by atoms with Gasteiger partial charge in [0.15, 0.2) is 11.2 Å². The van der Waals surface area contributed by atoms with Crippen molar-refractivity contribution in [1.82, 2.24) is 19.5 Å². The topological polar surface area (TPSA) is 147 Å². The number of nitrogens with zero attached hydrogens (tertiary/aromatic N) is 3. The second-order valence-corrected chi connectivity index (χ2v) is 4.64. The quantitative estimate of drug-likeness (QED) is 0.520. The summed E-state index contributed by atoms with van der Waals surface area (Å²) < 4.78 is 11.9. The van der Waals surface area contributed by atoms with E-state index in [4.69, 9.17) is 15.5 Å². The lowest BCUT2D eigenvalue weighted by atomic mass is 10.5. The number of anilines is 1. The molecular formula is C7H8N5O4P. The van der Waals surface area contributed by atoms with Gasteiger partial charge in [0.1, 0.15) is 6.33 Å². The van der Waals surface area contributed by atoms with E-state index in [2.05, 4.69) is 15.0 Å². The second kappa shape index (κ2) is 3.81. The zero-order valence-corrected chi connectivity index (χ0v) is 9.20. The number of fused-ring (bicyclic) bond motifs is 1. The van der Waals surface area contributed by atoms with Crippen molar-refractivity contribution in [3.05, 3.63) is 22.5 Å². The molecule has 2 rings (SSSR count). The number of nitrogens with one attached hydrogen (secondary N) is 1. The molecule has 0 unspecified atom stereocenters. The molecule has 0 spiro atoms. The monoisotopic (exact) mass is 257 g/mol. The first-order chi connectivity index (χ1) is 7.87. The Labute approximate surface area is 93.8 Å². The van der Waals surface area contributed by atoms with Crippen LogP contribution in [0, 0.1) is 0 Å². The third-order valence-corrected chi connectivity index (χ3v) is 2.39. The van der Waals surface area contributed by atoms with E-state index in [1.54, 1.807) is 0 Å². The fourth-order valence-electron chi connectivity index (χ4n) is 1.21. The van der Waals surface area contributed by atoms with Gasteiger partial charge in [-0.05, 0) is 0 Å². The van der Waals surface area contributed by atoms with Crippen molar-refractivity contribution in [3.8, 4) is 0 Å². The number of nitrogen functional groups attached to an aromatic ring is 1. The molecule has 0 aromatic carbocycles. The van der Waals surface area contributed by atoms with Crippen molar-refractivity contribution >= 4 is 30.9 Å². The lowest BCUT2D eigenvalue weighted by Crippen LogP contribution is -2.11. The van der Waals surface area contributed by atoms with E-state index in [-0.39, 0.29) is 17.1 Å². The van der Waals surface area contributed by atoms with Gasteiger partial charge in [0.05, 0.1) is 0 Å².